The van der Waals surface area contributed by atoms with Crippen molar-refractivity contribution in [1.29, 1.82) is 0 Å². The summed E-state index contributed by atoms with van der Waals surface area (Å²) in [5.74, 6) is -8.67. The van der Waals surface area contributed by atoms with E-state index in [0.717, 1.165) is 4.90 Å². The summed E-state index contributed by atoms with van der Waals surface area (Å²) in [6, 6.07) is -1.18. The van der Waals surface area contributed by atoms with Crippen LogP contribution in [0.5, 0.6) is 0 Å². The van der Waals surface area contributed by atoms with Crippen LogP contribution in [0.1, 0.15) is 126 Å². The molecule has 14 heteroatoms. The van der Waals surface area contributed by atoms with E-state index in [1.165, 1.54) is 7.11 Å². The number of nitrogens with zero attached hydrogens (tertiary/aromatic N) is 1. The summed E-state index contributed by atoms with van der Waals surface area (Å²) in [4.78, 5) is 84.6. The van der Waals surface area contributed by atoms with E-state index in [0.29, 0.717) is 68.9 Å². The van der Waals surface area contributed by atoms with Gasteiger partial charge in [-0.3, -0.25) is 24.0 Å². The molecular formula is C50H75NO13. The number of esters is 1. The van der Waals surface area contributed by atoms with Crippen molar-refractivity contribution in [2.45, 2.75) is 174 Å². The van der Waals surface area contributed by atoms with Crippen molar-refractivity contribution in [2.24, 2.45) is 35.5 Å². The number of carbonyl (C=O) groups is 6. The number of hydrogen-bond donors (Lipinski definition) is 3. The minimum absolute atomic E-state index is 0.0198. The minimum Gasteiger partial charge on any atom is -0.460 e. The van der Waals surface area contributed by atoms with Crippen molar-refractivity contribution in [3.05, 3.63) is 47.6 Å². The Morgan fingerprint density at radius 2 is 1.55 bits per heavy atom. The molecule has 0 radical (unpaired) electrons. The first kappa shape index (κ1) is 53.0. The Morgan fingerprint density at radius 1 is 0.844 bits per heavy atom. The Kier molecular flexibility index (Phi) is 20.0. The van der Waals surface area contributed by atoms with E-state index in [-0.39, 0.29) is 67.0 Å². The highest BCUT2D eigenvalue weighted by Gasteiger charge is 2.53. The van der Waals surface area contributed by atoms with Gasteiger partial charge in [0.15, 0.2) is 17.3 Å². The molecule has 1 saturated carbocycles. The molecule has 0 spiro atoms. The summed E-state index contributed by atoms with van der Waals surface area (Å²) in [6.45, 7) is 12.3. The lowest BCUT2D eigenvalue weighted by Gasteiger charge is -2.42. The van der Waals surface area contributed by atoms with E-state index >= 15 is 0 Å². The number of aliphatic hydroxyl groups is 3. The average molecular weight is 898 g/mol. The van der Waals surface area contributed by atoms with E-state index in [1.54, 1.807) is 66.0 Å². The number of carbonyl (C=O) groups excluding carboxylic acids is 6. The van der Waals surface area contributed by atoms with Crippen LogP contribution < -0.4 is 0 Å². The SMILES string of the molecule is CO[C@@H]1C[C@H](C[C@@H](C)C2CC(=O)C(C)=CC(C)[C@@H](O)[C@@H](OC)C(=O)[C@H](C)C[C@H](C)C=CC=CC=C(C)C(=O)C[C@@H]3CC[C@@H](C)[C@@](O)(O3)C(=O)C(=O)N3CCCC[C@H]3C(=O)O2)CCC1O. The number of piperidine rings is 1. The van der Waals surface area contributed by atoms with Gasteiger partial charge in [-0.05, 0) is 107 Å². The van der Waals surface area contributed by atoms with Crippen LogP contribution in [0.2, 0.25) is 0 Å². The van der Waals surface area contributed by atoms with Gasteiger partial charge in [-0.25, -0.2) is 4.79 Å². The third kappa shape index (κ3) is 13.7. The summed E-state index contributed by atoms with van der Waals surface area (Å²) in [6.07, 6.45) is 9.78. The fourth-order valence-corrected chi connectivity index (χ4v) is 9.75. The molecule has 14 atom stereocenters. The molecule has 3 fully saturated rings. The molecule has 0 aromatic carbocycles. The lowest BCUT2D eigenvalue weighted by atomic mass is 9.78. The van der Waals surface area contributed by atoms with Gasteiger partial charge >= 0.3 is 5.97 Å². The molecule has 0 aromatic rings. The summed E-state index contributed by atoms with van der Waals surface area (Å²) >= 11 is 0. The van der Waals surface area contributed by atoms with Gasteiger partial charge in [-0.1, -0.05) is 71.1 Å². The molecule has 0 aromatic heterocycles. The van der Waals surface area contributed by atoms with Crippen molar-refractivity contribution in [3.8, 4) is 0 Å². The topological polar surface area (TPSA) is 203 Å². The molecule has 64 heavy (non-hydrogen) atoms. The fraction of sp³-hybridized carbons (Fsp3) is 0.720. The number of rotatable bonds is 5. The van der Waals surface area contributed by atoms with Crippen LogP contribution in [-0.4, -0.2) is 124 Å². The molecule has 3 unspecified atom stereocenters. The number of cyclic esters (lactones) is 1. The van der Waals surface area contributed by atoms with Crippen LogP contribution in [0.3, 0.4) is 0 Å². The third-order valence-corrected chi connectivity index (χ3v) is 14.1. The first-order valence-corrected chi connectivity index (χ1v) is 23.4. The number of methoxy groups -OCH3 is 2. The van der Waals surface area contributed by atoms with Crippen molar-refractivity contribution in [2.75, 3.05) is 20.8 Å². The molecule has 2 saturated heterocycles. The van der Waals surface area contributed by atoms with E-state index < -0.39 is 77.8 Å². The standard InChI is InChI=1S/C50H75NO13/c1-29-15-11-10-12-16-30(2)40(53)27-37-20-18-35(7)50(60,64-37)47(57)48(58)51-22-14-13-17-38(51)49(59)63-42(32(4)25-36-19-21-39(52)43(26-36)61-8)28-41(54)31(3)24-34(6)45(56)46(62-9)44(55)33(5)23-29/h10-12,15-16,24,29,32-39,42-43,45-46,52,56,60H,13-14,17-23,25-28H2,1-9H3/t29-,32-,33-,34?,35-,36+,37+,38+,39?,42?,43-,45-,46+,50-/m1/s1. The highest BCUT2D eigenvalue weighted by molar-refractivity contribution is 6.39. The molecule has 2 bridgehead atoms. The molecule has 14 nitrogen and oxygen atoms in total. The van der Waals surface area contributed by atoms with Gasteiger partial charge in [0.25, 0.3) is 11.7 Å². The van der Waals surface area contributed by atoms with Crippen LogP contribution in [0.15, 0.2) is 47.6 Å². The molecule has 1 aliphatic carbocycles. The summed E-state index contributed by atoms with van der Waals surface area (Å²) in [7, 11) is 2.92. The van der Waals surface area contributed by atoms with Crippen molar-refractivity contribution >= 4 is 35.0 Å². The second kappa shape index (κ2) is 24.2. The third-order valence-electron chi connectivity index (χ3n) is 14.1. The average Bonchev–Trinajstić information content (AvgIpc) is 3.26. The number of hydrogen-bond acceptors (Lipinski definition) is 13. The maximum Gasteiger partial charge on any atom is 0.329 e. The maximum absolute atomic E-state index is 14.3. The van der Waals surface area contributed by atoms with E-state index in [9.17, 15) is 44.1 Å². The lowest BCUT2D eigenvalue weighted by molar-refractivity contribution is -0.262. The van der Waals surface area contributed by atoms with Gasteiger partial charge in [0.05, 0.1) is 24.4 Å². The predicted molar refractivity (Wildman–Crippen MR) is 239 cm³/mol. The molecule has 4 aliphatic rings. The van der Waals surface area contributed by atoms with Gasteiger partial charge in [0.1, 0.15) is 18.2 Å². The number of allylic oxidation sites excluding steroid dienone is 7. The minimum atomic E-state index is -2.52. The number of ether oxygens (including phenoxy) is 4. The highest BCUT2D eigenvalue weighted by atomic mass is 16.6. The Hall–Kier alpha value is -3.66. The van der Waals surface area contributed by atoms with Gasteiger partial charge in [-0.2, -0.15) is 0 Å². The zero-order chi connectivity index (χ0) is 47.5. The van der Waals surface area contributed by atoms with E-state index in [2.05, 4.69) is 0 Å². The lowest BCUT2D eigenvalue weighted by Crippen LogP contribution is -2.60. The number of ketones is 4. The van der Waals surface area contributed by atoms with Gasteiger partial charge in [0.2, 0.25) is 5.79 Å². The summed E-state index contributed by atoms with van der Waals surface area (Å²) in [5, 5.41) is 33.7. The molecular weight excluding hydrogens is 823 g/mol. The molecule has 4 rings (SSSR count). The smallest absolute Gasteiger partial charge is 0.329 e. The molecule has 3 aliphatic heterocycles. The highest BCUT2D eigenvalue weighted by Crippen LogP contribution is 2.37. The first-order chi connectivity index (χ1) is 30.2. The van der Waals surface area contributed by atoms with Crippen LogP contribution in [0.25, 0.3) is 0 Å². The van der Waals surface area contributed by atoms with Crippen LogP contribution >= 0.6 is 0 Å². The van der Waals surface area contributed by atoms with Gasteiger partial charge in [0, 0.05) is 51.4 Å². The molecule has 3 N–H and O–H groups in total. The quantitative estimate of drug-likeness (QED) is 0.223. The predicted octanol–water partition coefficient (Wildman–Crippen LogP) is 5.73. The van der Waals surface area contributed by atoms with Gasteiger partial charge < -0.3 is 39.2 Å². The first-order valence-electron chi connectivity index (χ1n) is 23.4. The number of fused-ring (bicyclic) bond motifs is 3. The maximum atomic E-state index is 14.3. The second-order valence-corrected chi connectivity index (χ2v) is 19.2. The monoisotopic (exact) mass is 898 g/mol. The van der Waals surface area contributed by atoms with Crippen molar-refractivity contribution in [1.82, 2.24) is 4.90 Å². The Labute approximate surface area is 379 Å². The normalized spacial score (nSPS) is 37.1. The van der Waals surface area contributed by atoms with E-state index in [1.807, 2.05) is 26.0 Å². The largest absolute Gasteiger partial charge is 0.460 e. The van der Waals surface area contributed by atoms with Crippen LogP contribution in [0.4, 0.5) is 0 Å². The Balaban J connectivity index is 1.69. The fourth-order valence-electron chi connectivity index (χ4n) is 9.75. The number of Topliss-reactive ketones (excluding diaryl/α,β-unsaturated/α-hetero) is 4. The molecule has 358 valence electrons. The molecule has 3 heterocycles. The Morgan fingerprint density at radius 3 is 2.23 bits per heavy atom. The van der Waals surface area contributed by atoms with E-state index in [4.69, 9.17) is 18.9 Å². The second-order valence-electron chi connectivity index (χ2n) is 19.2. The summed E-state index contributed by atoms with van der Waals surface area (Å²) in [5.41, 5.74) is 0.726. The number of aliphatic hydroxyl groups excluding tert-OH is 2. The zero-order valence-corrected chi connectivity index (χ0v) is 39.5. The van der Waals surface area contributed by atoms with Crippen molar-refractivity contribution in [3.63, 3.8) is 0 Å². The zero-order valence-electron chi connectivity index (χ0n) is 39.5. The van der Waals surface area contributed by atoms with Gasteiger partial charge in [-0.15, -0.1) is 0 Å². The van der Waals surface area contributed by atoms with Crippen LogP contribution in [0, 0.1) is 35.5 Å². The molecule has 1 amide bonds. The number of amides is 1. The Bertz CT molecular complexity index is 1780. The van der Waals surface area contributed by atoms with Crippen LogP contribution in [-0.2, 0) is 47.7 Å². The summed E-state index contributed by atoms with van der Waals surface area (Å²) < 4.78 is 23.3. The van der Waals surface area contributed by atoms with Crippen molar-refractivity contribution < 1.29 is 63.0 Å².